The maximum absolute atomic E-state index is 13.3. The topological polar surface area (TPSA) is 106 Å². The molecule has 1 saturated heterocycles. The summed E-state index contributed by atoms with van der Waals surface area (Å²) in [6, 6.07) is 16.9. The van der Waals surface area contributed by atoms with Crippen molar-refractivity contribution in [2.75, 3.05) is 12.0 Å². The first-order chi connectivity index (χ1) is 16.8. The summed E-state index contributed by atoms with van der Waals surface area (Å²) < 4.78 is 10.5. The minimum atomic E-state index is -1.02. The summed E-state index contributed by atoms with van der Waals surface area (Å²) in [6.07, 6.45) is 1.22. The van der Waals surface area contributed by atoms with Crippen LogP contribution in [0.5, 0.6) is 5.75 Å². The molecule has 0 bridgehead atoms. The summed E-state index contributed by atoms with van der Waals surface area (Å²) in [4.78, 5) is 44.6. The van der Waals surface area contributed by atoms with E-state index < -0.39 is 23.7 Å². The number of anilines is 1. The van der Waals surface area contributed by atoms with Gasteiger partial charge in [-0.05, 0) is 56.3 Å². The van der Waals surface area contributed by atoms with Gasteiger partial charge in [0, 0.05) is 17.4 Å². The molecule has 2 heterocycles. The number of hydrogen-bond acceptors (Lipinski definition) is 7. The molecule has 1 fully saturated rings. The fourth-order valence-corrected chi connectivity index (χ4v) is 3.91. The van der Waals surface area contributed by atoms with Crippen molar-refractivity contribution in [2.45, 2.75) is 26.0 Å². The number of hydrogen-bond donors (Lipinski definition) is 1. The Kier molecular flexibility index (Phi) is 6.64. The highest BCUT2D eigenvalue weighted by Crippen LogP contribution is 2.41. The maximum Gasteiger partial charge on any atom is 0.338 e. The number of amides is 1. The minimum absolute atomic E-state index is 0.114. The molecule has 0 saturated carbocycles. The second kappa shape index (κ2) is 9.80. The second-order valence-electron chi connectivity index (χ2n) is 8.16. The van der Waals surface area contributed by atoms with Gasteiger partial charge in [-0.1, -0.05) is 24.3 Å². The number of ketones is 1. The molecular formula is C27H24N2O6. The number of Topliss-reactive ketones (excluding diaryl/α,β-unsaturated/α-hetero) is 1. The van der Waals surface area contributed by atoms with Crippen LogP contribution in [0.4, 0.5) is 5.69 Å². The largest absolute Gasteiger partial charge is 0.507 e. The highest BCUT2D eigenvalue weighted by Gasteiger charge is 2.47. The molecule has 4 rings (SSSR count). The smallest absolute Gasteiger partial charge is 0.338 e. The monoisotopic (exact) mass is 472 g/mol. The third kappa shape index (κ3) is 4.63. The van der Waals surface area contributed by atoms with Gasteiger partial charge in [-0.25, -0.2) is 4.79 Å². The Bertz CT molecular complexity index is 1320. The van der Waals surface area contributed by atoms with Crippen LogP contribution in [-0.4, -0.2) is 41.0 Å². The standard InChI is InChI=1S/C27H24N2O6/c1-16(2)35-27(33)18-9-6-10-19(14-18)29-23(21-12-4-5-13-28-21)22(25(31)26(29)32)24(30)17-8-7-11-20(15-17)34-3/h4-16,23,30H,1-3H3/b24-22+. The fraction of sp³-hybridized carbons (Fsp3) is 0.185. The van der Waals surface area contributed by atoms with Crippen LogP contribution in [0.15, 0.2) is 78.5 Å². The van der Waals surface area contributed by atoms with E-state index in [-0.39, 0.29) is 23.0 Å². The van der Waals surface area contributed by atoms with E-state index in [0.29, 0.717) is 22.7 Å². The predicted molar refractivity (Wildman–Crippen MR) is 129 cm³/mol. The number of benzene rings is 2. The van der Waals surface area contributed by atoms with Crippen LogP contribution in [0, 0.1) is 0 Å². The number of aromatic nitrogens is 1. The van der Waals surface area contributed by atoms with Crippen LogP contribution in [0.1, 0.15) is 41.5 Å². The summed E-state index contributed by atoms with van der Waals surface area (Å²) in [5.74, 6) is -2.13. The zero-order chi connectivity index (χ0) is 25.1. The number of aliphatic hydroxyl groups is 1. The van der Waals surface area contributed by atoms with Crippen LogP contribution < -0.4 is 9.64 Å². The molecule has 0 aliphatic carbocycles. The van der Waals surface area contributed by atoms with Crippen LogP contribution in [0.2, 0.25) is 0 Å². The van der Waals surface area contributed by atoms with Gasteiger partial charge >= 0.3 is 5.97 Å². The predicted octanol–water partition coefficient (Wildman–Crippen LogP) is 4.28. The van der Waals surface area contributed by atoms with Crippen molar-refractivity contribution in [2.24, 2.45) is 0 Å². The molecule has 1 N–H and O–H groups in total. The molecule has 3 aromatic rings. The first-order valence-electron chi connectivity index (χ1n) is 11.0. The Morgan fingerprint density at radius 1 is 1.00 bits per heavy atom. The SMILES string of the molecule is COc1cccc(/C(O)=C2\C(=O)C(=O)N(c3cccc(C(=O)OC(C)C)c3)C2c2ccccn2)c1. The molecule has 178 valence electrons. The Balaban J connectivity index is 1.88. The van der Waals surface area contributed by atoms with Crippen LogP contribution >= 0.6 is 0 Å². The van der Waals surface area contributed by atoms with E-state index in [4.69, 9.17) is 9.47 Å². The van der Waals surface area contributed by atoms with Crippen molar-refractivity contribution in [3.8, 4) is 5.75 Å². The van der Waals surface area contributed by atoms with Gasteiger partial charge in [0.2, 0.25) is 0 Å². The lowest BCUT2D eigenvalue weighted by atomic mass is 9.98. The van der Waals surface area contributed by atoms with Crippen molar-refractivity contribution in [1.29, 1.82) is 0 Å². The first-order valence-corrected chi connectivity index (χ1v) is 11.0. The zero-order valence-electron chi connectivity index (χ0n) is 19.5. The highest BCUT2D eigenvalue weighted by molar-refractivity contribution is 6.51. The number of methoxy groups -OCH3 is 1. The number of esters is 1. The van der Waals surface area contributed by atoms with Crippen LogP contribution in [0.25, 0.3) is 5.76 Å². The van der Waals surface area contributed by atoms with Gasteiger partial charge in [0.25, 0.3) is 11.7 Å². The van der Waals surface area contributed by atoms with E-state index in [1.165, 1.54) is 24.3 Å². The molecule has 8 nitrogen and oxygen atoms in total. The Hall–Kier alpha value is -4.46. The van der Waals surface area contributed by atoms with Gasteiger partial charge in [0.1, 0.15) is 17.6 Å². The van der Waals surface area contributed by atoms with Crippen molar-refractivity contribution in [3.63, 3.8) is 0 Å². The van der Waals surface area contributed by atoms with Crippen LogP contribution in [0.3, 0.4) is 0 Å². The number of carbonyl (C=O) groups is 3. The van der Waals surface area contributed by atoms with Gasteiger partial charge in [0.05, 0.1) is 30.0 Å². The molecule has 0 spiro atoms. The summed E-state index contributed by atoms with van der Waals surface area (Å²) in [5, 5.41) is 11.2. The third-order valence-corrected chi connectivity index (χ3v) is 5.46. The Morgan fingerprint density at radius 3 is 2.43 bits per heavy atom. The van der Waals surface area contributed by atoms with Crippen LogP contribution in [-0.2, 0) is 14.3 Å². The van der Waals surface area contributed by atoms with E-state index in [1.54, 1.807) is 74.5 Å². The average molecular weight is 472 g/mol. The number of rotatable bonds is 6. The fourth-order valence-electron chi connectivity index (χ4n) is 3.91. The first kappa shape index (κ1) is 23.7. The summed E-state index contributed by atoms with van der Waals surface area (Å²) >= 11 is 0. The molecule has 35 heavy (non-hydrogen) atoms. The quantitative estimate of drug-likeness (QED) is 0.247. The number of pyridine rings is 1. The summed E-state index contributed by atoms with van der Waals surface area (Å²) in [5.41, 5.74) is 1.11. The number of carbonyl (C=O) groups excluding carboxylic acids is 3. The molecule has 1 aliphatic heterocycles. The lowest BCUT2D eigenvalue weighted by molar-refractivity contribution is -0.132. The molecule has 0 radical (unpaired) electrons. The summed E-state index contributed by atoms with van der Waals surface area (Å²) in [6.45, 7) is 3.47. The van der Waals surface area contributed by atoms with Crippen molar-refractivity contribution in [1.82, 2.24) is 4.98 Å². The van der Waals surface area contributed by atoms with Gasteiger partial charge in [-0.2, -0.15) is 0 Å². The normalized spacial score (nSPS) is 17.0. The van der Waals surface area contributed by atoms with E-state index in [0.717, 1.165) is 0 Å². The van der Waals surface area contributed by atoms with Gasteiger partial charge in [-0.15, -0.1) is 0 Å². The maximum atomic E-state index is 13.3. The van der Waals surface area contributed by atoms with Gasteiger partial charge < -0.3 is 14.6 Å². The molecule has 1 aromatic heterocycles. The minimum Gasteiger partial charge on any atom is -0.507 e. The Labute approximate surface area is 202 Å². The van der Waals surface area contributed by atoms with Crippen molar-refractivity contribution < 1.29 is 29.0 Å². The van der Waals surface area contributed by atoms with Crippen molar-refractivity contribution in [3.05, 3.63) is 95.3 Å². The molecule has 8 heteroatoms. The summed E-state index contributed by atoms with van der Waals surface area (Å²) in [7, 11) is 1.49. The lowest BCUT2D eigenvalue weighted by Crippen LogP contribution is -2.30. The molecule has 2 aromatic carbocycles. The van der Waals surface area contributed by atoms with E-state index in [1.807, 2.05) is 0 Å². The average Bonchev–Trinajstić information content (AvgIpc) is 3.14. The van der Waals surface area contributed by atoms with E-state index in [2.05, 4.69) is 4.98 Å². The van der Waals surface area contributed by atoms with E-state index in [9.17, 15) is 19.5 Å². The Morgan fingerprint density at radius 2 is 1.74 bits per heavy atom. The molecule has 1 atom stereocenters. The van der Waals surface area contributed by atoms with Gasteiger partial charge in [0.15, 0.2) is 0 Å². The molecule has 1 unspecified atom stereocenters. The molecule has 1 amide bonds. The molecular weight excluding hydrogens is 448 g/mol. The van der Waals surface area contributed by atoms with E-state index >= 15 is 0 Å². The molecule has 1 aliphatic rings. The third-order valence-electron chi connectivity index (χ3n) is 5.46. The number of nitrogens with zero attached hydrogens (tertiary/aromatic N) is 2. The van der Waals surface area contributed by atoms with Crippen molar-refractivity contribution >= 4 is 29.1 Å². The number of ether oxygens (including phenoxy) is 2. The van der Waals surface area contributed by atoms with Gasteiger partial charge in [-0.3, -0.25) is 19.5 Å². The number of aliphatic hydroxyl groups excluding tert-OH is 1. The lowest BCUT2D eigenvalue weighted by Gasteiger charge is -2.25. The second-order valence-corrected chi connectivity index (χ2v) is 8.16. The highest BCUT2D eigenvalue weighted by atomic mass is 16.5. The zero-order valence-corrected chi connectivity index (χ0v) is 19.5.